The van der Waals surface area contributed by atoms with Crippen molar-refractivity contribution in [1.82, 2.24) is 36.9 Å². The van der Waals surface area contributed by atoms with Crippen LogP contribution in [0.3, 0.4) is 0 Å². The summed E-state index contributed by atoms with van der Waals surface area (Å²) in [6.07, 6.45) is 0.529. The number of carbonyl (C=O) groups is 9. The molecule has 7 atom stereocenters. The standard InChI is InChI=1S/C49H64N10O12/c1-27(2)20-36(55-43(64)33(51)24-41(52)61)45(66)58-39(23-30-26-53-34-13-7-6-12-32(30)34)48(69)57-38(22-29-15-17-31(60)18-16-29)47(68)56-37(21-28-10-4-3-5-11-28)46(67)54-35(14-8-9-19-50)44(65)59-40(49(70)71)25-42(62)63/h3-7,10-13,15-18,26-27,33,35-40,53,60H,8-9,14,19-25,50-51H2,1-2H3,(H2,52,61)(H,54,67)(H,55,64)(H,56,68)(H,57,69)(H,58,66)(H,59,65)(H,62,63)(H,70,71). The summed E-state index contributed by atoms with van der Waals surface area (Å²) >= 11 is 0. The van der Waals surface area contributed by atoms with E-state index in [0.717, 1.165) is 10.9 Å². The highest BCUT2D eigenvalue weighted by Gasteiger charge is 2.35. The van der Waals surface area contributed by atoms with Crippen LogP contribution in [0.1, 0.15) is 69.1 Å². The van der Waals surface area contributed by atoms with Crippen LogP contribution in [0.15, 0.2) is 85.1 Å². The molecule has 0 saturated heterocycles. The molecule has 0 aliphatic rings. The summed E-state index contributed by atoms with van der Waals surface area (Å²) in [4.78, 5) is 122. The van der Waals surface area contributed by atoms with Crippen molar-refractivity contribution in [2.24, 2.45) is 23.1 Å². The van der Waals surface area contributed by atoms with Crippen LogP contribution in [0, 0.1) is 5.92 Å². The summed E-state index contributed by atoms with van der Waals surface area (Å²) in [6, 6.07) is 11.4. The number of aromatic amines is 1. The maximum atomic E-state index is 14.7. The lowest BCUT2D eigenvalue weighted by Gasteiger charge is -2.28. The molecule has 71 heavy (non-hydrogen) atoms. The normalized spacial score (nSPS) is 14.1. The third-order valence-electron chi connectivity index (χ3n) is 11.3. The molecule has 1 heterocycles. The molecule has 3 aromatic carbocycles. The number of H-pyrrole nitrogens is 1. The van der Waals surface area contributed by atoms with Crippen LogP contribution in [-0.4, -0.2) is 122 Å². The number of para-hydroxylation sites is 1. The van der Waals surface area contributed by atoms with E-state index in [1.54, 1.807) is 56.4 Å². The van der Waals surface area contributed by atoms with E-state index in [4.69, 9.17) is 17.2 Å². The van der Waals surface area contributed by atoms with Crippen LogP contribution in [0.4, 0.5) is 0 Å². The Balaban J connectivity index is 1.72. The van der Waals surface area contributed by atoms with Gasteiger partial charge in [0.15, 0.2) is 0 Å². The Hall–Kier alpha value is -7.85. The van der Waals surface area contributed by atoms with Crippen LogP contribution < -0.4 is 49.1 Å². The highest BCUT2D eigenvalue weighted by atomic mass is 16.4. The van der Waals surface area contributed by atoms with E-state index in [2.05, 4.69) is 36.9 Å². The van der Waals surface area contributed by atoms with Crippen molar-refractivity contribution in [3.63, 3.8) is 0 Å². The van der Waals surface area contributed by atoms with E-state index >= 15 is 0 Å². The zero-order valence-electron chi connectivity index (χ0n) is 39.5. The number of aromatic hydroxyl groups is 1. The average Bonchev–Trinajstić information content (AvgIpc) is 3.72. The van der Waals surface area contributed by atoms with Gasteiger partial charge in [0.25, 0.3) is 0 Å². The molecule has 7 amide bonds. The number of nitrogens with two attached hydrogens (primary N) is 3. The molecule has 0 spiro atoms. The minimum atomic E-state index is -1.83. The molecule has 22 heteroatoms. The lowest BCUT2D eigenvalue weighted by molar-refractivity contribution is -0.147. The largest absolute Gasteiger partial charge is 0.508 e. The molecular weight excluding hydrogens is 921 g/mol. The predicted molar refractivity (Wildman–Crippen MR) is 260 cm³/mol. The van der Waals surface area contributed by atoms with Gasteiger partial charge >= 0.3 is 11.9 Å². The van der Waals surface area contributed by atoms with Gasteiger partial charge in [0.1, 0.15) is 42.0 Å². The maximum Gasteiger partial charge on any atom is 0.326 e. The lowest BCUT2D eigenvalue weighted by atomic mass is 9.99. The van der Waals surface area contributed by atoms with E-state index in [9.17, 15) is 58.5 Å². The smallest absolute Gasteiger partial charge is 0.326 e. The van der Waals surface area contributed by atoms with Crippen LogP contribution in [0.5, 0.6) is 5.75 Å². The van der Waals surface area contributed by atoms with Gasteiger partial charge in [0.05, 0.1) is 18.9 Å². The van der Waals surface area contributed by atoms with Crippen LogP contribution in [0.25, 0.3) is 10.9 Å². The van der Waals surface area contributed by atoms with Crippen molar-refractivity contribution in [1.29, 1.82) is 0 Å². The highest BCUT2D eigenvalue weighted by molar-refractivity contribution is 5.98. The van der Waals surface area contributed by atoms with Gasteiger partial charge in [0, 0.05) is 36.4 Å². The average molecular weight is 985 g/mol. The first-order valence-electron chi connectivity index (χ1n) is 23.1. The Morgan fingerprint density at radius 2 is 1.07 bits per heavy atom. The fraction of sp³-hybridized carbons (Fsp3) is 0.408. The number of hydrogen-bond donors (Lipinski definition) is 13. The number of aromatic nitrogens is 1. The lowest BCUT2D eigenvalue weighted by Crippen LogP contribution is -2.61. The molecule has 0 bridgehead atoms. The molecule has 0 aliphatic carbocycles. The molecular formula is C49H64N10O12. The van der Waals surface area contributed by atoms with Crippen molar-refractivity contribution >= 4 is 64.2 Å². The monoisotopic (exact) mass is 984 g/mol. The number of nitrogens with one attached hydrogen (secondary N) is 7. The van der Waals surface area contributed by atoms with E-state index < -0.39 is 108 Å². The fourth-order valence-corrected chi connectivity index (χ4v) is 7.65. The van der Waals surface area contributed by atoms with Crippen molar-refractivity contribution in [2.75, 3.05) is 6.54 Å². The molecule has 0 aliphatic heterocycles. The van der Waals surface area contributed by atoms with Crippen molar-refractivity contribution in [2.45, 2.75) is 114 Å². The van der Waals surface area contributed by atoms with Gasteiger partial charge in [0.2, 0.25) is 41.4 Å². The fourth-order valence-electron chi connectivity index (χ4n) is 7.65. The van der Waals surface area contributed by atoms with Gasteiger partial charge in [-0.3, -0.25) is 38.4 Å². The first kappa shape index (κ1) is 55.7. The third kappa shape index (κ3) is 18.2. The van der Waals surface area contributed by atoms with Crippen molar-refractivity contribution in [3.8, 4) is 5.75 Å². The van der Waals surface area contributed by atoms with Crippen molar-refractivity contribution < 1.29 is 58.5 Å². The second-order valence-electron chi connectivity index (χ2n) is 17.6. The maximum absolute atomic E-state index is 14.7. The Bertz CT molecular complexity index is 2480. The SMILES string of the molecule is CC(C)CC(NC(=O)C(N)CC(N)=O)C(=O)NC(Cc1c[nH]c2ccccc12)C(=O)NC(Cc1ccc(O)cc1)C(=O)NC(Cc1ccccc1)C(=O)NC(CCCCN)C(=O)NC(CC(=O)O)C(=O)O. The van der Waals surface area contributed by atoms with Gasteiger partial charge < -0.3 is 69.4 Å². The van der Waals surface area contributed by atoms with Crippen molar-refractivity contribution in [3.05, 3.63) is 102 Å². The number of benzene rings is 3. The Morgan fingerprint density at radius 1 is 0.577 bits per heavy atom. The first-order chi connectivity index (χ1) is 33.7. The zero-order chi connectivity index (χ0) is 52.2. The van der Waals surface area contributed by atoms with E-state index in [1.807, 2.05) is 18.2 Å². The second-order valence-corrected chi connectivity index (χ2v) is 17.6. The summed E-state index contributed by atoms with van der Waals surface area (Å²) in [6.45, 7) is 3.84. The number of phenols is 1. The summed E-state index contributed by atoms with van der Waals surface area (Å²) < 4.78 is 0. The van der Waals surface area contributed by atoms with Gasteiger partial charge in [-0.2, -0.15) is 0 Å². The number of rotatable bonds is 29. The molecule has 1 aromatic heterocycles. The minimum absolute atomic E-state index is 0.0366. The van der Waals surface area contributed by atoms with Gasteiger partial charge in [-0.25, -0.2) is 4.79 Å². The Labute approximate surface area is 409 Å². The zero-order valence-corrected chi connectivity index (χ0v) is 39.5. The molecule has 4 aromatic rings. The number of carboxylic acid groups (broad SMARTS) is 2. The van der Waals surface area contributed by atoms with Gasteiger partial charge in [-0.1, -0.05) is 74.5 Å². The Kier molecular flexibility index (Phi) is 21.5. The number of primary amides is 1. The molecule has 0 saturated carbocycles. The number of unbranched alkanes of at least 4 members (excludes halogenated alkanes) is 1. The minimum Gasteiger partial charge on any atom is -0.508 e. The summed E-state index contributed by atoms with van der Waals surface area (Å²) in [5.41, 5.74) is 19.2. The molecule has 0 radical (unpaired) electrons. The molecule has 4 rings (SSSR count). The second kappa shape index (κ2) is 27.4. The van der Waals surface area contributed by atoms with E-state index in [-0.39, 0.29) is 50.3 Å². The number of aliphatic carboxylic acids is 2. The summed E-state index contributed by atoms with van der Waals surface area (Å²) in [5.74, 6) is -9.39. The van der Waals surface area contributed by atoms with Gasteiger partial charge in [-0.05, 0) is 73.0 Å². The summed E-state index contributed by atoms with van der Waals surface area (Å²) in [7, 11) is 0. The highest BCUT2D eigenvalue weighted by Crippen LogP contribution is 2.20. The number of fused-ring (bicyclic) bond motifs is 1. The van der Waals surface area contributed by atoms with Crippen LogP contribution in [-0.2, 0) is 62.4 Å². The number of carbonyl (C=O) groups excluding carboxylic acids is 7. The number of phenolic OH excluding ortho intramolecular Hbond substituents is 1. The van der Waals surface area contributed by atoms with Crippen LogP contribution in [0.2, 0.25) is 0 Å². The molecule has 382 valence electrons. The first-order valence-corrected chi connectivity index (χ1v) is 23.1. The Morgan fingerprint density at radius 3 is 1.62 bits per heavy atom. The number of carboxylic acids is 2. The quantitative estimate of drug-likeness (QED) is 0.0312. The number of amides is 7. The van der Waals surface area contributed by atoms with E-state index in [0.29, 0.717) is 29.5 Å². The van der Waals surface area contributed by atoms with Crippen LogP contribution >= 0.6 is 0 Å². The molecule has 16 N–H and O–H groups in total. The van der Waals surface area contributed by atoms with E-state index in [1.165, 1.54) is 24.3 Å². The number of hydrogen-bond acceptors (Lipinski definition) is 12. The predicted octanol–water partition coefficient (Wildman–Crippen LogP) is -0.253. The van der Waals surface area contributed by atoms with Gasteiger partial charge in [-0.15, -0.1) is 0 Å². The topological polar surface area (TPSA) is 380 Å². The molecule has 22 nitrogen and oxygen atoms in total. The molecule has 7 unspecified atom stereocenters. The molecule has 0 fully saturated rings. The summed E-state index contributed by atoms with van der Waals surface area (Å²) in [5, 5.41) is 45.2. The third-order valence-corrected chi connectivity index (χ3v) is 11.3.